The van der Waals surface area contributed by atoms with E-state index in [1.807, 2.05) is 0 Å². The summed E-state index contributed by atoms with van der Waals surface area (Å²) in [6, 6.07) is 1.24. The molecule has 0 bridgehead atoms. The molecule has 0 fully saturated rings. The largest absolute Gasteiger partial charge is 0.469 e. The van der Waals surface area contributed by atoms with Crippen molar-refractivity contribution in [1.29, 1.82) is 0 Å². The molecule has 0 radical (unpaired) electrons. The van der Waals surface area contributed by atoms with Crippen LogP contribution < -0.4 is 5.73 Å². The summed E-state index contributed by atoms with van der Waals surface area (Å²) in [5, 5.41) is 0.462. The van der Waals surface area contributed by atoms with Crippen LogP contribution in [-0.2, 0) is 9.53 Å². The van der Waals surface area contributed by atoms with Crippen molar-refractivity contribution in [3.8, 4) is 0 Å². The van der Waals surface area contributed by atoms with Crippen molar-refractivity contribution in [3.05, 3.63) is 29.0 Å². The van der Waals surface area contributed by atoms with Gasteiger partial charge in [-0.25, -0.2) is 0 Å². The summed E-state index contributed by atoms with van der Waals surface area (Å²) in [5.41, 5.74) is 6.46. The number of nitrogens with two attached hydrogens (primary N) is 1. The lowest BCUT2D eigenvalue weighted by molar-refractivity contribution is -0.141. The van der Waals surface area contributed by atoms with Gasteiger partial charge < -0.3 is 10.5 Å². The molecule has 1 aromatic rings. The summed E-state index contributed by atoms with van der Waals surface area (Å²) in [4.78, 5) is 14.8. The number of aromatic nitrogens is 1. The Kier molecular flexibility index (Phi) is 3.85. The summed E-state index contributed by atoms with van der Waals surface area (Å²) in [6.45, 7) is 0. The Morgan fingerprint density at radius 3 is 3.07 bits per heavy atom. The van der Waals surface area contributed by atoms with Gasteiger partial charge in [0.05, 0.1) is 18.6 Å². The SMILES string of the molecule is COC(=O)C[C@H](N)c1ccncc1Cl. The van der Waals surface area contributed by atoms with Gasteiger partial charge in [-0.2, -0.15) is 0 Å². The van der Waals surface area contributed by atoms with Gasteiger partial charge in [-0.05, 0) is 11.6 Å². The summed E-state index contributed by atoms with van der Waals surface area (Å²) in [7, 11) is 1.32. The van der Waals surface area contributed by atoms with Gasteiger partial charge in [-0.15, -0.1) is 0 Å². The van der Waals surface area contributed by atoms with Gasteiger partial charge in [0, 0.05) is 18.4 Å². The monoisotopic (exact) mass is 214 g/mol. The molecule has 0 saturated heterocycles. The molecule has 5 heteroatoms. The van der Waals surface area contributed by atoms with Crippen LogP contribution >= 0.6 is 11.6 Å². The first kappa shape index (κ1) is 10.9. The molecule has 0 amide bonds. The number of hydrogen-bond donors (Lipinski definition) is 1. The Labute approximate surface area is 87.0 Å². The van der Waals surface area contributed by atoms with E-state index in [-0.39, 0.29) is 12.4 Å². The number of hydrogen-bond acceptors (Lipinski definition) is 4. The zero-order valence-corrected chi connectivity index (χ0v) is 8.49. The van der Waals surface area contributed by atoms with E-state index in [4.69, 9.17) is 17.3 Å². The van der Waals surface area contributed by atoms with Crippen LogP contribution in [0.5, 0.6) is 0 Å². The first-order valence-corrected chi connectivity index (χ1v) is 4.44. The predicted octanol–water partition coefficient (Wildman–Crippen LogP) is 1.30. The third-order valence-electron chi connectivity index (χ3n) is 1.82. The van der Waals surface area contributed by atoms with Crippen LogP contribution in [0.2, 0.25) is 5.02 Å². The minimum atomic E-state index is -0.446. The highest BCUT2D eigenvalue weighted by Crippen LogP contribution is 2.22. The van der Waals surface area contributed by atoms with Crippen molar-refractivity contribution in [2.24, 2.45) is 5.73 Å². The second kappa shape index (κ2) is 4.93. The third kappa shape index (κ3) is 2.68. The maximum absolute atomic E-state index is 10.9. The number of rotatable bonds is 3. The molecule has 1 heterocycles. The number of pyridine rings is 1. The number of esters is 1. The molecule has 4 nitrogen and oxygen atoms in total. The maximum atomic E-state index is 10.9. The number of ether oxygens (including phenoxy) is 1. The fraction of sp³-hybridized carbons (Fsp3) is 0.333. The first-order chi connectivity index (χ1) is 6.65. The number of halogens is 1. The van der Waals surface area contributed by atoms with Gasteiger partial charge in [0.1, 0.15) is 0 Å². The molecule has 76 valence electrons. The molecule has 1 rings (SSSR count). The average Bonchev–Trinajstić information content (AvgIpc) is 2.18. The minimum Gasteiger partial charge on any atom is -0.469 e. The maximum Gasteiger partial charge on any atom is 0.307 e. The highest BCUT2D eigenvalue weighted by Gasteiger charge is 2.14. The Balaban J connectivity index is 2.74. The lowest BCUT2D eigenvalue weighted by atomic mass is 10.1. The highest BCUT2D eigenvalue weighted by molar-refractivity contribution is 6.31. The van der Waals surface area contributed by atoms with Gasteiger partial charge in [0.15, 0.2) is 0 Å². The van der Waals surface area contributed by atoms with Gasteiger partial charge in [0.2, 0.25) is 0 Å². The summed E-state index contributed by atoms with van der Waals surface area (Å²) in [6.07, 6.45) is 3.19. The van der Waals surface area contributed by atoms with Gasteiger partial charge in [-0.1, -0.05) is 11.6 Å². The summed E-state index contributed by atoms with van der Waals surface area (Å²) < 4.78 is 4.50. The third-order valence-corrected chi connectivity index (χ3v) is 2.13. The van der Waals surface area contributed by atoms with Crippen molar-refractivity contribution in [2.45, 2.75) is 12.5 Å². The molecular weight excluding hydrogens is 204 g/mol. The summed E-state index contributed by atoms with van der Waals surface area (Å²) >= 11 is 5.85. The fourth-order valence-corrected chi connectivity index (χ4v) is 1.32. The van der Waals surface area contributed by atoms with Crippen molar-refractivity contribution >= 4 is 17.6 Å². The van der Waals surface area contributed by atoms with Gasteiger partial charge in [0.25, 0.3) is 0 Å². The van der Waals surface area contributed by atoms with Crippen LogP contribution in [0.4, 0.5) is 0 Å². The smallest absolute Gasteiger partial charge is 0.307 e. The van der Waals surface area contributed by atoms with E-state index in [9.17, 15) is 4.79 Å². The molecule has 0 aliphatic rings. The van der Waals surface area contributed by atoms with Crippen LogP contribution in [0.1, 0.15) is 18.0 Å². The minimum absolute atomic E-state index is 0.111. The molecule has 0 spiro atoms. The van der Waals surface area contributed by atoms with E-state index >= 15 is 0 Å². The van der Waals surface area contributed by atoms with Gasteiger partial charge in [-0.3, -0.25) is 9.78 Å². The number of methoxy groups -OCH3 is 1. The number of carbonyl (C=O) groups is 1. The van der Waals surface area contributed by atoms with Crippen LogP contribution in [0.15, 0.2) is 18.5 Å². The molecule has 0 aliphatic heterocycles. The van der Waals surface area contributed by atoms with E-state index in [1.165, 1.54) is 13.3 Å². The molecule has 0 aromatic carbocycles. The van der Waals surface area contributed by atoms with Gasteiger partial charge >= 0.3 is 5.97 Å². The molecular formula is C9H11ClN2O2. The second-order valence-electron chi connectivity index (χ2n) is 2.78. The van der Waals surface area contributed by atoms with Crippen LogP contribution in [0.3, 0.4) is 0 Å². The molecule has 0 aliphatic carbocycles. The topological polar surface area (TPSA) is 65.2 Å². The second-order valence-corrected chi connectivity index (χ2v) is 3.19. The zero-order chi connectivity index (χ0) is 10.6. The standard InChI is InChI=1S/C9H11ClN2O2/c1-14-9(13)4-8(11)6-2-3-12-5-7(6)10/h2-3,5,8H,4,11H2,1H3/t8-/m0/s1. The lowest BCUT2D eigenvalue weighted by Crippen LogP contribution is -2.16. The molecule has 0 unspecified atom stereocenters. The van der Waals surface area contributed by atoms with Crippen molar-refractivity contribution < 1.29 is 9.53 Å². The van der Waals surface area contributed by atoms with E-state index in [0.717, 1.165) is 0 Å². The normalized spacial score (nSPS) is 12.2. The lowest BCUT2D eigenvalue weighted by Gasteiger charge is -2.11. The van der Waals surface area contributed by atoms with E-state index < -0.39 is 6.04 Å². The van der Waals surface area contributed by atoms with Crippen molar-refractivity contribution in [2.75, 3.05) is 7.11 Å². The van der Waals surface area contributed by atoms with E-state index in [0.29, 0.717) is 10.6 Å². The van der Waals surface area contributed by atoms with Crippen molar-refractivity contribution in [3.63, 3.8) is 0 Å². The molecule has 2 N–H and O–H groups in total. The average molecular weight is 215 g/mol. The quantitative estimate of drug-likeness (QED) is 0.771. The van der Waals surface area contributed by atoms with Crippen LogP contribution in [0.25, 0.3) is 0 Å². The number of carbonyl (C=O) groups excluding carboxylic acids is 1. The molecule has 1 atom stereocenters. The Bertz CT molecular complexity index is 330. The Morgan fingerprint density at radius 2 is 2.50 bits per heavy atom. The van der Waals surface area contributed by atoms with Crippen molar-refractivity contribution in [1.82, 2.24) is 4.98 Å². The molecule has 0 saturated carbocycles. The Hall–Kier alpha value is -1.13. The summed E-state index contributed by atoms with van der Waals surface area (Å²) in [5.74, 6) is -0.356. The fourth-order valence-electron chi connectivity index (χ4n) is 1.06. The number of nitrogens with zero attached hydrogens (tertiary/aromatic N) is 1. The van der Waals surface area contributed by atoms with Crippen LogP contribution in [0, 0.1) is 0 Å². The molecule has 14 heavy (non-hydrogen) atoms. The zero-order valence-electron chi connectivity index (χ0n) is 7.74. The predicted molar refractivity (Wildman–Crippen MR) is 52.8 cm³/mol. The van der Waals surface area contributed by atoms with E-state index in [1.54, 1.807) is 12.3 Å². The first-order valence-electron chi connectivity index (χ1n) is 4.07. The highest BCUT2D eigenvalue weighted by atomic mass is 35.5. The Morgan fingerprint density at radius 1 is 1.79 bits per heavy atom. The van der Waals surface area contributed by atoms with E-state index in [2.05, 4.69) is 9.72 Å². The molecule has 1 aromatic heterocycles. The van der Waals surface area contributed by atoms with Crippen LogP contribution in [-0.4, -0.2) is 18.1 Å².